The zero-order valence-corrected chi connectivity index (χ0v) is 17.1. The van der Waals surface area contributed by atoms with Crippen molar-refractivity contribution in [1.82, 2.24) is 5.32 Å². The van der Waals surface area contributed by atoms with Crippen molar-refractivity contribution >= 4 is 17.3 Å². The van der Waals surface area contributed by atoms with Crippen molar-refractivity contribution in [2.24, 2.45) is 10.3 Å². The Morgan fingerprint density at radius 2 is 1.79 bits per heavy atom. The number of nitrogens with zero attached hydrogens (tertiary/aromatic N) is 2. The van der Waals surface area contributed by atoms with E-state index in [0.717, 1.165) is 28.8 Å². The molecule has 148 valence electrons. The minimum atomic E-state index is -0.328. The molecule has 0 fully saturated rings. The summed E-state index contributed by atoms with van der Waals surface area (Å²) in [5, 5.41) is 10.8. The van der Waals surface area contributed by atoms with Crippen LogP contribution in [0.5, 0.6) is 0 Å². The molecule has 0 heterocycles. The Morgan fingerprint density at radius 1 is 1.07 bits per heavy atom. The molecule has 2 aromatic carbocycles. The minimum Gasteiger partial charge on any atom is -0.398 e. The van der Waals surface area contributed by atoms with Crippen molar-refractivity contribution in [1.29, 1.82) is 0 Å². The van der Waals surface area contributed by atoms with Gasteiger partial charge in [-0.2, -0.15) is 0 Å². The molecule has 0 aliphatic carbocycles. The Morgan fingerprint density at radius 3 is 2.46 bits per heavy atom. The summed E-state index contributed by atoms with van der Waals surface area (Å²) < 4.78 is 0. The second-order valence-corrected chi connectivity index (χ2v) is 6.26. The molecule has 0 unspecified atom stereocenters. The Balaban J connectivity index is 2.29. The van der Waals surface area contributed by atoms with E-state index >= 15 is 0 Å². The lowest BCUT2D eigenvalue weighted by molar-refractivity contribution is -0.114. The number of rotatable bonds is 8. The quantitative estimate of drug-likeness (QED) is 0.561. The Labute approximate surface area is 166 Å². The minimum absolute atomic E-state index is 0.198. The van der Waals surface area contributed by atoms with Gasteiger partial charge in [-0.15, -0.1) is 0 Å². The Kier molecular flexibility index (Phi) is 7.75. The van der Waals surface area contributed by atoms with E-state index in [-0.39, 0.29) is 18.2 Å². The van der Waals surface area contributed by atoms with E-state index in [1.54, 1.807) is 7.05 Å². The summed E-state index contributed by atoms with van der Waals surface area (Å²) in [7, 11) is 2.96. The molecule has 2 rings (SSSR count). The van der Waals surface area contributed by atoms with Gasteiger partial charge in [0.05, 0.1) is 5.71 Å². The smallest absolute Gasteiger partial charge is 0.273 e. The zero-order chi connectivity index (χ0) is 20.5. The molecule has 0 atom stereocenters. The third-order valence-electron chi connectivity index (χ3n) is 4.49. The molecule has 0 radical (unpaired) electrons. The van der Waals surface area contributed by atoms with Crippen LogP contribution in [0.2, 0.25) is 0 Å². The predicted octanol–water partition coefficient (Wildman–Crippen LogP) is 3.59. The van der Waals surface area contributed by atoms with Gasteiger partial charge in [0.25, 0.3) is 5.91 Å². The molecule has 0 aromatic heterocycles. The lowest BCUT2D eigenvalue weighted by Crippen LogP contribution is -2.29. The number of likely N-dealkylation sites (N-methyl/N-ethyl adjacent to an activating group) is 1. The Hall–Kier alpha value is -3.15. The van der Waals surface area contributed by atoms with Gasteiger partial charge >= 0.3 is 0 Å². The van der Waals surface area contributed by atoms with Gasteiger partial charge in [0.2, 0.25) is 0 Å². The number of aryl methyl sites for hydroxylation is 2. The number of hydrogen-bond donors (Lipinski definition) is 1. The van der Waals surface area contributed by atoms with Gasteiger partial charge < -0.3 is 15.0 Å². The van der Waals surface area contributed by atoms with Crippen molar-refractivity contribution in [3.05, 3.63) is 70.3 Å². The summed E-state index contributed by atoms with van der Waals surface area (Å²) in [6, 6.07) is 13.8. The van der Waals surface area contributed by atoms with Gasteiger partial charge in [0.15, 0.2) is 5.71 Å². The van der Waals surface area contributed by atoms with Crippen molar-refractivity contribution < 1.29 is 14.5 Å². The van der Waals surface area contributed by atoms with Crippen molar-refractivity contribution in [3.63, 3.8) is 0 Å². The number of benzene rings is 2. The van der Waals surface area contributed by atoms with E-state index in [2.05, 4.69) is 28.6 Å². The molecule has 2 aromatic rings. The highest BCUT2D eigenvalue weighted by Gasteiger charge is 2.19. The van der Waals surface area contributed by atoms with Crippen molar-refractivity contribution in [2.45, 2.75) is 33.8 Å². The summed E-state index contributed by atoms with van der Waals surface area (Å²) in [5.41, 5.74) is 5.77. The molecule has 1 N–H and O–H groups in total. The van der Waals surface area contributed by atoms with E-state index in [0.29, 0.717) is 5.56 Å². The van der Waals surface area contributed by atoms with E-state index in [1.165, 1.54) is 12.7 Å². The maximum absolute atomic E-state index is 12.2. The second kappa shape index (κ2) is 10.3. The lowest BCUT2D eigenvalue weighted by atomic mass is 9.98. The van der Waals surface area contributed by atoms with Gasteiger partial charge in [0.1, 0.15) is 13.7 Å². The van der Waals surface area contributed by atoms with E-state index in [4.69, 9.17) is 9.68 Å². The number of hydrogen-bond acceptors (Lipinski definition) is 5. The molecule has 0 aliphatic rings. The molecule has 0 spiro atoms. The molecule has 0 saturated heterocycles. The van der Waals surface area contributed by atoms with Crippen LogP contribution in [0.4, 0.5) is 0 Å². The van der Waals surface area contributed by atoms with E-state index < -0.39 is 0 Å². The van der Waals surface area contributed by atoms with Crippen LogP contribution < -0.4 is 5.32 Å². The highest BCUT2D eigenvalue weighted by molar-refractivity contribution is 6.45. The fourth-order valence-corrected chi connectivity index (χ4v) is 2.96. The number of carbonyl (C=O) groups is 1. The van der Waals surface area contributed by atoms with Crippen LogP contribution in [-0.2, 0) is 27.5 Å². The molecule has 28 heavy (non-hydrogen) atoms. The van der Waals surface area contributed by atoms with E-state index in [1.807, 2.05) is 50.2 Å². The fraction of sp³-hybridized carbons (Fsp3) is 0.318. The molecule has 0 bridgehead atoms. The van der Waals surface area contributed by atoms with Gasteiger partial charge in [-0.1, -0.05) is 59.7 Å². The molecule has 6 heteroatoms. The average molecular weight is 381 g/mol. The third kappa shape index (κ3) is 4.97. The highest BCUT2D eigenvalue weighted by Crippen LogP contribution is 2.18. The Bertz CT molecular complexity index is 888. The van der Waals surface area contributed by atoms with Gasteiger partial charge in [-0.3, -0.25) is 4.79 Å². The summed E-state index contributed by atoms with van der Waals surface area (Å²) >= 11 is 0. The summed E-state index contributed by atoms with van der Waals surface area (Å²) in [6.07, 6.45) is 0.925. The summed E-state index contributed by atoms with van der Waals surface area (Å²) in [4.78, 5) is 22.7. The number of amides is 1. The first-order chi connectivity index (χ1) is 13.5. The molecule has 1 amide bonds. The number of carbonyl (C=O) groups excluding carboxylic acids is 1. The molecule has 0 aliphatic heterocycles. The maximum Gasteiger partial charge on any atom is 0.273 e. The van der Waals surface area contributed by atoms with Crippen molar-refractivity contribution in [2.75, 3.05) is 14.2 Å². The zero-order valence-electron chi connectivity index (χ0n) is 17.1. The number of nitrogens with one attached hydrogen (secondary N) is 1. The first kappa shape index (κ1) is 21.2. The topological polar surface area (TPSA) is 72.3 Å². The standard InChI is InChI=1S/C22H27N3O3/c1-6-17-11-7-8-12-18(17)16(3)24-28-14-20-15(2)10-9-13-19(20)21(25-27-5)22(26)23-4/h7-13H,6,14H2,1-5H3,(H,23,26)/b24-16+,25-21+. The first-order valence-corrected chi connectivity index (χ1v) is 9.20. The van der Waals surface area contributed by atoms with Crippen LogP contribution in [0.3, 0.4) is 0 Å². The molecule has 6 nitrogen and oxygen atoms in total. The summed E-state index contributed by atoms with van der Waals surface area (Å²) in [6.45, 7) is 6.21. The highest BCUT2D eigenvalue weighted by atomic mass is 16.6. The second-order valence-electron chi connectivity index (χ2n) is 6.26. The van der Waals surface area contributed by atoms with Crippen LogP contribution in [-0.4, -0.2) is 31.5 Å². The molecular formula is C22H27N3O3. The van der Waals surface area contributed by atoms with Crippen LogP contribution in [0.25, 0.3) is 0 Å². The largest absolute Gasteiger partial charge is 0.398 e. The van der Waals surface area contributed by atoms with Gasteiger partial charge in [-0.05, 0) is 31.4 Å². The average Bonchev–Trinajstić information content (AvgIpc) is 2.72. The summed E-state index contributed by atoms with van der Waals surface area (Å²) in [5.74, 6) is -0.328. The monoisotopic (exact) mass is 381 g/mol. The van der Waals surface area contributed by atoms with Crippen molar-refractivity contribution in [3.8, 4) is 0 Å². The SMILES string of the molecule is CCc1ccccc1/C(C)=N/OCc1c(C)cccc1/C(=N\OC)C(=O)NC. The van der Waals surface area contributed by atoms with Gasteiger partial charge in [0, 0.05) is 23.7 Å². The molecule has 0 saturated carbocycles. The number of oxime groups is 2. The predicted molar refractivity (Wildman–Crippen MR) is 112 cm³/mol. The first-order valence-electron chi connectivity index (χ1n) is 9.20. The maximum atomic E-state index is 12.2. The van der Waals surface area contributed by atoms with Crippen LogP contribution in [0, 0.1) is 6.92 Å². The van der Waals surface area contributed by atoms with Crippen LogP contribution >= 0.6 is 0 Å². The normalized spacial score (nSPS) is 11.9. The van der Waals surface area contributed by atoms with E-state index in [9.17, 15) is 4.79 Å². The van der Waals surface area contributed by atoms with Gasteiger partial charge in [-0.25, -0.2) is 0 Å². The van der Waals surface area contributed by atoms with Crippen LogP contribution in [0.1, 0.15) is 41.7 Å². The third-order valence-corrected chi connectivity index (χ3v) is 4.49. The lowest BCUT2D eigenvalue weighted by Gasteiger charge is -2.13. The molecular weight excluding hydrogens is 354 g/mol. The fourth-order valence-electron chi connectivity index (χ4n) is 2.96. The van der Waals surface area contributed by atoms with Crippen LogP contribution in [0.15, 0.2) is 52.8 Å².